The molecule has 1 amide bonds. The van der Waals surface area contributed by atoms with Crippen molar-refractivity contribution in [1.29, 1.82) is 0 Å². The van der Waals surface area contributed by atoms with Crippen LogP contribution < -0.4 is 11.1 Å². The average Bonchev–Trinajstić information content (AvgIpc) is 3.25. The SMILES string of the molecule is CN.Cc1ccc(-n2nc(C=O)c3c2-c2cc(NC(=O)c4ccccc4C)ccc2CC3)cc1. The molecule has 0 radical (unpaired) electrons. The van der Waals surface area contributed by atoms with Crippen molar-refractivity contribution in [2.45, 2.75) is 26.7 Å². The molecule has 3 N–H and O–H groups in total. The first kappa shape index (κ1) is 23.1. The van der Waals surface area contributed by atoms with Crippen LogP contribution >= 0.6 is 0 Å². The Morgan fingerprint density at radius 1 is 1.00 bits per heavy atom. The van der Waals surface area contributed by atoms with Crippen molar-refractivity contribution in [2.24, 2.45) is 5.73 Å². The van der Waals surface area contributed by atoms with E-state index in [4.69, 9.17) is 0 Å². The average molecular weight is 453 g/mol. The highest BCUT2D eigenvalue weighted by atomic mass is 16.1. The largest absolute Gasteiger partial charge is 0.333 e. The van der Waals surface area contributed by atoms with Gasteiger partial charge in [0.05, 0.1) is 11.4 Å². The Kier molecular flexibility index (Phi) is 6.70. The molecule has 4 aromatic rings. The third-order valence-electron chi connectivity index (χ3n) is 6.06. The maximum absolute atomic E-state index is 12.8. The summed E-state index contributed by atoms with van der Waals surface area (Å²) in [4.78, 5) is 24.6. The Balaban J connectivity index is 0.00000133. The van der Waals surface area contributed by atoms with Gasteiger partial charge in [-0.15, -0.1) is 0 Å². The number of amides is 1. The van der Waals surface area contributed by atoms with Gasteiger partial charge in [0.2, 0.25) is 0 Å². The summed E-state index contributed by atoms with van der Waals surface area (Å²) in [6.45, 7) is 3.97. The molecule has 0 bridgehead atoms. The molecule has 0 saturated heterocycles. The van der Waals surface area contributed by atoms with Gasteiger partial charge in [-0.2, -0.15) is 5.10 Å². The van der Waals surface area contributed by atoms with Crippen molar-refractivity contribution in [2.75, 3.05) is 12.4 Å². The van der Waals surface area contributed by atoms with Crippen molar-refractivity contribution in [3.05, 3.63) is 100 Å². The summed E-state index contributed by atoms with van der Waals surface area (Å²) in [6, 6.07) is 21.6. The zero-order valence-corrected chi connectivity index (χ0v) is 19.6. The van der Waals surface area contributed by atoms with E-state index in [-0.39, 0.29) is 5.91 Å². The number of benzene rings is 3. The molecule has 5 rings (SSSR count). The van der Waals surface area contributed by atoms with Gasteiger partial charge < -0.3 is 11.1 Å². The van der Waals surface area contributed by atoms with Gasteiger partial charge in [0.25, 0.3) is 5.91 Å². The Hall–Kier alpha value is -4.03. The minimum atomic E-state index is -0.139. The number of anilines is 1. The Bertz CT molecular complexity index is 1350. The van der Waals surface area contributed by atoms with Gasteiger partial charge in [-0.25, -0.2) is 4.68 Å². The quantitative estimate of drug-likeness (QED) is 0.431. The predicted octanol–water partition coefficient (Wildman–Crippen LogP) is 4.89. The Labute approximate surface area is 199 Å². The van der Waals surface area contributed by atoms with E-state index >= 15 is 0 Å². The van der Waals surface area contributed by atoms with Crippen LogP contribution in [0.1, 0.15) is 43.1 Å². The van der Waals surface area contributed by atoms with E-state index in [1.54, 1.807) is 0 Å². The molecule has 6 nitrogen and oxygen atoms in total. The summed E-state index contributed by atoms with van der Waals surface area (Å²) >= 11 is 0. The van der Waals surface area contributed by atoms with E-state index in [1.165, 1.54) is 12.6 Å². The van der Waals surface area contributed by atoms with Gasteiger partial charge in [-0.05, 0) is 75.2 Å². The van der Waals surface area contributed by atoms with Gasteiger partial charge in [-0.3, -0.25) is 9.59 Å². The number of nitrogens with one attached hydrogen (secondary N) is 1. The number of fused-ring (bicyclic) bond motifs is 3. The van der Waals surface area contributed by atoms with E-state index in [9.17, 15) is 9.59 Å². The second kappa shape index (κ2) is 9.85. The third kappa shape index (κ3) is 4.28. The number of rotatable bonds is 4. The Morgan fingerprint density at radius 2 is 1.74 bits per heavy atom. The summed E-state index contributed by atoms with van der Waals surface area (Å²) in [5.74, 6) is -0.139. The molecule has 172 valence electrons. The molecule has 0 unspecified atom stereocenters. The molecular weight excluding hydrogens is 424 g/mol. The van der Waals surface area contributed by atoms with Gasteiger partial charge in [0, 0.05) is 22.4 Å². The lowest BCUT2D eigenvalue weighted by molar-refractivity contribution is 0.102. The number of aryl methyl sites for hydroxylation is 3. The number of hydrogen-bond donors (Lipinski definition) is 2. The number of carbonyl (C=O) groups is 2. The lowest BCUT2D eigenvalue weighted by Crippen LogP contribution is -2.14. The van der Waals surface area contributed by atoms with E-state index in [1.807, 2.05) is 79.2 Å². The Morgan fingerprint density at radius 3 is 2.44 bits per heavy atom. The van der Waals surface area contributed by atoms with Crippen LogP contribution in [0.3, 0.4) is 0 Å². The van der Waals surface area contributed by atoms with E-state index < -0.39 is 0 Å². The fourth-order valence-corrected chi connectivity index (χ4v) is 4.34. The molecule has 34 heavy (non-hydrogen) atoms. The second-order valence-electron chi connectivity index (χ2n) is 8.22. The summed E-state index contributed by atoms with van der Waals surface area (Å²) in [5.41, 5.74) is 13.4. The molecule has 0 fully saturated rings. The van der Waals surface area contributed by atoms with Crippen molar-refractivity contribution in [3.63, 3.8) is 0 Å². The van der Waals surface area contributed by atoms with Gasteiger partial charge >= 0.3 is 0 Å². The zero-order valence-electron chi connectivity index (χ0n) is 19.6. The van der Waals surface area contributed by atoms with Crippen LogP contribution in [0.5, 0.6) is 0 Å². The van der Waals surface area contributed by atoms with Crippen molar-refractivity contribution in [1.82, 2.24) is 9.78 Å². The first-order chi connectivity index (χ1) is 16.5. The molecule has 1 aliphatic rings. The highest BCUT2D eigenvalue weighted by Gasteiger charge is 2.26. The molecule has 0 spiro atoms. The van der Waals surface area contributed by atoms with E-state index in [2.05, 4.69) is 22.2 Å². The minimum absolute atomic E-state index is 0.139. The lowest BCUT2D eigenvalue weighted by atomic mass is 9.88. The molecule has 1 heterocycles. The van der Waals surface area contributed by atoms with Crippen molar-refractivity contribution < 1.29 is 9.59 Å². The molecule has 0 aliphatic heterocycles. The number of aldehydes is 1. The fourth-order valence-electron chi connectivity index (χ4n) is 4.34. The van der Waals surface area contributed by atoms with Crippen LogP contribution in [0, 0.1) is 13.8 Å². The molecule has 6 heteroatoms. The van der Waals surface area contributed by atoms with Crippen LogP contribution in [0.15, 0.2) is 66.7 Å². The highest BCUT2D eigenvalue weighted by molar-refractivity contribution is 6.05. The molecule has 0 atom stereocenters. The number of aromatic nitrogens is 2. The maximum atomic E-state index is 12.8. The van der Waals surface area contributed by atoms with E-state index in [0.29, 0.717) is 16.9 Å². The fraction of sp³-hybridized carbons (Fsp3) is 0.179. The maximum Gasteiger partial charge on any atom is 0.255 e. The van der Waals surface area contributed by atoms with Crippen LogP contribution in [-0.2, 0) is 12.8 Å². The third-order valence-corrected chi connectivity index (χ3v) is 6.06. The first-order valence-electron chi connectivity index (χ1n) is 11.3. The van der Waals surface area contributed by atoms with Crippen LogP contribution in [0.25, 0.3) is 16.9 Å². The molecule has 3 aromatic carbocycles. The number of nitrogens with zero attached hydrogens (tertiary/aromatic N) is 2. The summed E-state index contributed by atoms with van der Waals surface area (Å²) < 4.78 is 1.85. The van der Waals surface area contributed by atoms with Crippen molar-refractivity contribution in [3.8, 4) is 16.9 Å². The second-order valence-corrected chi connectivity index (χ2v) is 8.22. The van der Waals surface area contributed by atoms with Crippen LogP contribution in [0.4, 0.5) is 5.69 Å². The predicted molar refractivity (Wildman–Crippen MR) is 136 cm³/mol. The zero-order chi connectivity index (χ0) is 24.2. The molecular formula is C28H28N4O2. The monoisotopic (exact) mass is 452 g/mol. The smallest absolute Gasteiger partial charge is 0.255 e. The summed E-state index contributed by atoms with van der Waals surface area (Å²) in [5, 5.41) is 7.65. The standard InChI is InChI=1S/C27H23N3O2.CH5N/c1-17-7-12-21(13-8-17)30-26-23(25(16-31)29-30)14-10-19-9-11-20(15-24(19)26)28-27(32)22-6-4-3-5-18(22)2;1-2/h3-9,11-13,15-16H,10,14H2,1-2H3,(H,28,32);2H2,1H3. The number of carbonyl (C=O) groups excluding carboxylic acids is 2. The molecule has 0 saturated carbocycles. The number of nitrogens with two attached hydrogens (primary N) is 1. The van der Waals surface area contributed by atoms with Gasteiger partial charge in [0.1, 0.15) is 5.69 Å². The highest BCUT2D eigenvalue weighted by Crippen LogP contribution is 2.38. The minimum Gasteiger partial charge on any atom is -0.333 e. The van der Waals surface area contributed by atoms with Gasteiger partial charge in [0.15, 0.2) is 6.29 Å². The molecule has 1 aromatic heterocycles. The van der Waals surface area contributed by atoms with Crippen molar-refractivity contribution >= 4 is 17.9 Å². The molecule has 1 aliphatic carbocycles. The first-order valence-corrected chi connectivity index (χ1v) is 11.3. The number of hydrogen-bond acceptors (Lipinski definition) is 4. The normalized spacial score (nSPS) is 11.5. The lowest BCUT2D eigenvalue weighted by Gasteiger charge is -2.20. The van der Waals surface area contributed by atoms with Crippen LogP contribution in [0.2, 0.25) is 0 Å². The topological polar surface area (TPSA) is 90.0 Å². The summed E-state index contributed by atoms with van der Waals surface area (Å²) in [6.07, 6.45) is 2.42. The summed E-state index contributed by atoms with van der Waals surface area (Å²) in [7, 11) is 1.50. The van der Waals surface area contributed by atoms with E-state index in [0.717, 1.165) is 52.8 Å². The van der Waals surface area contributed by atoms with Gasteiger partial charge in [-0.1, -0.05) is 42.0 Å². The van der Waals surface area contributed by atoms with Crippen LogP contribution in [-0.4, -0.2) is 29.0 Å².